The monoisotopic (exact) mass is 187 g/mol. The summed E-state index contributed by atoms with van der Waals surface area (Å²) in [5.74, 6) is 0.838. The first-order valence-corrected chi connectivity index (χ1v) is 4.46. The van der Waals surface area contributed by atoms with Crippen LogP contribution in [0.1, 0.15) is 17.5 Å². The van der Waals surface area contributed by atoms with Crippen molar-refractivity contribution in [2.24, 2.45) is 0 Å². The summed E-state index contributed by atoms with van der Waals surface area (Å²) in [6.07, 6.45) is 4.17. The van der Waals surface area contributed by atoms with Gasteiger partial charge in [-0.15, -0.1) is 0 Å². The quantitative estimate of drug-likeness (QED) is 0.728. The van der Waals surface area contributed by atoms with E-state index in [4.69, 9.17) is 10.00 Å². The smallest absolute Gasteiger partial charge is 0.126 e. The second-order valence-electron chi connectivity index (χ2n) is 3.01. The molecule has 0 radical (unpaired) electrons. The van der Waals surface area contributed by atoms with E-state index < -0.39 is 0 Å². The fourth-order valence-electron chi connectivity index (χ4n) is 1.22. The first-order valence-electron chi connectivity index (χ1n) is 4.46. The van der Waals surface area contributed by atoms with Crippen LogP contribution in [0, 0.1) is 18.3 Å². The van der Waals surface area contributed by atoms with Crippen LogP contribution in [0.3, 0.4) is 0 Å². The van der Waals surface area contributed by atoms with Crippen LogP contribution < -0.4 is 4.74 Å². The molecule has 0 saturated heterocycles. The van der Waals surface area contributed by atoms with Gasteiger partial charge in [-0.2, -0.15) is 5.26 Å². The Balaban J connectivity index is 2.94. The number of hydrogen-bond acceptors (Lipinski definition) is 2. The van der Waals surface area contributed by atoms with Gasteiger partial charge in [0.1, 0.15) is 5.75 Å². The lowest BCUT2D eigenvalue weighted by Crippen LogP contribution is -1.87. The topological polar surface area (TPSA) is 33.0 Å². The maximum atomic E-state index is 8.39. The van der Waals surface area contributed by atoms with Crippen LogP contribution in [0.25, 0.3) is 6.08 Å². The highest BCUT2D eigenvalue weighted by molar-refractivity contribution is 5.58. The van der Waals surface area contributed by atoms with Gasteiger partial charge in [0.2, 0.25) is 0 Å². The molecule has 0 N–H and O–H groups in total. The number of nitriles is 1. The Hall–Kier alpha value is -1.75. The lowest BCUT2D eigenvalue weighted by molar-refractivity contribution is 0.413. The van der Waals surface area contributed by atoms with E-state index in [0.717, 1.165) is 11.3 Å². The zero-order valence-electron chi connectivity index (χ0n) is 8.45. The average molecular weight is 187 g/mol. The van der Waals surface area contributed by atoms with E-state index in [1.807, 2.05) is 37.3 Å². The average Bonchev–Trinajstić information content (AvgIpc) is 2.19. The molecule has 2 heteroatoms. The molecule has 0 aliphatic heterocycles. The summed E-state index contributed by atoms with van der Waals surface area (Å²) >= 11 is 0. The molecule has 0 aliphatic rings. The van der Waals surface area contributed by atoms with Crippen molar-refractivity contribution in [3.8, 4) is 11.8 Å². The van der Waals surface area contributed by atoms with Crippen molar-refractivity contribution in [2.45, 2.75) is 13.3 Å². The molecule has 1 aromatic rings. The third kappa shape index (κ3) is 2.63. The highest BCUT2D eigenvalue weighted by Crippen LogP contribution is 2.20. The fourth-order valence-corrected chi connectivity index (χ4v) is 1.22. The molecule has 14 heavy (non-hydrogen) atoms. The maximum Gasteiger partial charge on any atom is 0.126 e. The van der Waals surface area contributed by atoms with E-state index in [1.54, 1.807) is 7.11 Å². The number of rotatable bonds is 3. The van der Waals surface area contributed by atoms with Gasteiger partial charge in [-0.25, -0.2) is 0 Å². The van der Waals surface area contributed by atoms with Crippen LogP contribution in [0.15, 0.2) is 24.3 Å². The highest BCUT2D eigenvalue weighted by atomic mass is 16.5. The summed E-state index contributed by atoms with van der Waals surface area (Å²) in [5.41, 5.74) is 2.20. The molecule has 0 bridgehead atoms. The van der Waals surface area contributed by atoms with E-state index in [9.17, 15) is 0 Å². The summed E-state index contributed by atoms with van der Waals surface area (Å²) in [6, 6.07) is 8.03. The third-order valence-electron chi connectivity index (χ3n) is 1.89. The molecule has 0 aromatic heterocycles. The largest absolute Gasteiger partial charge is 0.496 e. The first-order chi connectivity index (χ1) is 6.77. The van der Waals surface area contributed by atoms with Gasteiger partial charge in [-0.05, 0) is 19.1 Å². The number of methoxy groups -OCH3 is 1. The lowest BCUT2D eigenvalue weighted by atomic mass is 10.1. The fraction of sp³-hybridized carbons (Fsp3) is 0.250. The van der Waals surface area contributed by atoms with Crippen LogP contribution in [0.2, 0.25) is 0 Å². The van der Waals surface area contributed by atoms with Crippen molar-refractivity contribution < 1.29 is 4.74 Å². The minimum Gasteiger partial charge on any atom is -0.496 e. The molecule has 0 atom stereocenters. The highest BCUT2D eigenvalue weighted by Gasteiger charge is 1.98. The minimum absolute atomic E-state index is 0.428. The Labute approximate surface area is 84.4 Å². The molecule has 0 amide bonds. The van der Waals surface area contributed by atoms with Crippen LogP contribution in [-0.2, 0) is 0 Å². The number of ether oxygens (including phenoxy) is 1. The number of aryl methyl sites for hydroxylation is 1. The van der Waals surface area contributed by atoms with Gasteiger partial charge in [0, 0.05) is 5.56 Å². The Morgan fingerprint density at radius 1 is 1.50 bits per heavy atom. The number of allylic oxidation sites excluding steroid dienone is 1. The van der Waals surface area contributed by atoms with E-state index in [1.165, 1.54) is 5.56 Å². The first kappa shape index (κ1) is 10.3. The zero-order chi connectivity index (χ0) is 10.4. The van der Waals surface area contributed by atoms with E-state index in [-0.39, 0.29) is 0 Å². The number of benzene rings is 1. The van der Waals surface area contributed by atoms with E-state index in [0.29, 0.717) is 6.42 Å². The maximum absolute atomic E-state index is 8.39. The Morgan fingerprint density at radius 3 is 2.93 bits per heavy atom. The summed E-state index contributed by atoms with van der Waals surface area (Å²) in [7, 11) is 1.65. The number of hydrogen-bond donors (Lipinski definition) is 0. The van der Waals surface area contributed by atoms with Crippen LogP contribution >= 0.6 is 0 Å². The minimum atomic E-state index is 0.428. The normalized spacial score (nSPS) is 10.1. The van der Waals surface area contributed by atoms with Crippen molar-refractivity contribution in [3.05, 3.63) is 35.4 Å². The molecule has 2 nitrogen and oxygen atoms in total. The van der Waals surface area contributed by atoms with E-state index in [2.05, 4.69) is 6.07 Å². The molecular formula is C12H13NO. The summed E-state index contributed by atoms with van der Waals surface area (Å²) < 4.78 is 5.20. The van der Waals surface area contributed by atoms with Gasteiger partial charge in [-0.3, -0.25) is 0 Å². The second-order valence-corrected chi connectivity index (χ2v) is 3.01. The van der Waals surface area contributed by atoms with Crippen molar-refractivity contribution in [2.75, 3.05) is 7.11 Å². The van der Waals surface area contributed by atoms with Gasteiger partial charge in [0.25, 0.3) is 0 Å². The Morgan fingerprint density at radius 2 is 2.29 bits per heavy atom. The molecule has 0 heterocycles. The predicted octanol–water partition coefficient (Wildman–Crippen LogP) is 2.93. The van der Waals surface area contributed by atoms with Gasteiger partial charge in [0.05, 0.1) is 19.6 Å². The van der Waals surface area contributed by atoms with Crippen molar-refractivity contribution in [3.63, 3.8) is 0 Å². The molecule has 72 valence electrons. The molecule has 0 fully saturated rings. The molecule has 1 rings (SSSR count). The van der Waals surface area contributed by atoms with E-state index >= 15 is 0 Å². The molecule has 0 unspecified atom stereocenters. The van der Waals surface area contributed by atoms with Crippen molar-refractivity contribution in [1.29, 1.82) is 5.26 Å². The SMILES string of the molecule is COc1ccc(C)cc1/C=C/CC#N. The van der Waals surface area contributed by atoms with Crippen LogP contribution in [0.5, 0.6) is 5.75 Å². The van der Waals surface area contributed by atoms with Crippen molar-refractivity contribution in [1.82, 2.24) is 0 Å². The molecule has 0 spiro atoms. The lowest BCUT2D eigenvalue weighted by Gasteiger charge is -2.04. The summed E-state index contributed by atoms with van der Waals surface area (Å²) in [5, 5.41) is 8.39. The summed E-state index contributed by atoms with van der Waals surface area (Å²) in [4.78, 5) is 0. The molecular weight excluding hydrogens is 174 g/mol. The van der Waals surface area contributed by atoms with Gasteiger partial charge >= 0.3 is 0 Å². The van der Waals surface area contributed by atoms with Crippen LogP contribution in [0.4, 0.5) is 0 Å². The standard InChI is InChI=1S/C12H13NO/c1-10-6-7-12(14-2)11(9-10)5-3-4-8-13/h3,5-7,9H,4H2,1-2H3/b5-3+. The zero-order valence-corrected chi connectivity index (χ0v) is 8.45. The second kappa shape index (κ2) is 5.08. The van der Waals surface area contributed by atoms with Crippen LogP contribution in [-0.4, -0.2) is 7.11 Å². The van der Waals surface area contributed by atoms with Gasteiger partial charge in [-0.1, -0.05) is 23.8 Å². The number of nitrogens with zero attached hydrogens (tertiary/aromatic N) is 1. The van der Waals surface area contributed by atoms with Gasteiger partial charge in [0.15, 0.2) is 0 Å². The summed E-state index contributed by atoms with van der Waals surface area (Å²) in [6.45, 7) is 2.03. The molecule has 1 aromatic carbocycles. The van der Waals surface area contributed by atoms with Gasteiger partial charge < -0.3 is 4.74 Å². The Bertz CT molecular complexity index is 374. The Kier molecular flexibility index (Phi) is 3.75. The molecule has 0 saturated carbocycles. The predicted molar refractivity (Wildman–Crippen MR) is 57.0 cm³/mol. The third-order valence-corrected chi connectivity index (χ3v) is 1.89. The van der Waals surface area contributed by atoms with Crippen molar-refractivity contribution >= 4 is 6.08 Å². The molecule has 0 aliphatic carbocycles.